The summed E-state index contributed by atoms with van der Waals surface area (Å²) in [7, 11) is 1.84. The maximum Gasteiger partial charge on any atom is 0.321 e. The summed E-state index contributed by atoms with van der Waals surface area (Å²) in [5, 5.41) is 2.92. The number of rotatable bonds is 6. The number of hydrogen-bond donors (Lipinski definition) is 2. The Hall–Kier alpha value is -1.20. The van der Waals surface area contributed by atoms with Crippen molar-refractivity contribution in [3.63, 3.8) is 0 Å². The Labute approximate surface area is 126 Å². The first-order chi connectivity index (χ1) is 9.49. The van der Waals surface area contributed by atoms with Crippen LogP contribution in [0.25, 0.3) is 0 Å². The largest absolute Gasteiger partial charge is 0.324 e. The van der Waals surface area contributed by atoms with E-state index in [1.807, 2.05) is 38.2 Å². The Balaban J connectivity index is 2.65. The molecule has 0 saturated carbocycles. The molecule has 0 aliphatic rings. The van der Waals surface area contributed by atoms with Crippen LogP contribution in [0.15, 0.2) is 24.3 Å². The average molecular weight is 295 g/mol. The third kappa shape index (κ3) is 4.72. The minimum absolute atomic E-state index is 0.00785. The summed E-state index contributed by atoms with van der Waals surface area (Å²) in [6, 6.07) is 7.86. The summed E-state index contributed by atoms with van der Waals surface area (Å²) in [5.74, 6) is 0.948. The molecular weight excluding hydrogens is 270 g/mol. The van der Waals surface area contributed by atoms with E-state index < -0.39 is 0 Å². The first-order valence-electron chi connectivity index (χ1n) is 6.87. The maximum absolute atomic E-state index is 12.2. The fourth-order valence-corrected chi connectivity index (χ4v) is 2.79. The highest BCUT2D eigenvalue weighted by Crippen LogP contribution is 2.15. The van der Waals surface area contributed by atoms with Crippen molar-refractivity contribution in [3.8, 4) is 0 Å². The number of anilines is 1. The van der Waals surface area contributed by atoms with E-state index in [4.69, 9.17) is 5.73 Å². The van der Waals surface area contributed by atoms with E-state index in [9.17, 15) is 4.79 Å². The highest BCUT2D eigenvalue weighted by atomic mass is 32.2. The monoisotopic (exact) mass is 295 g/mol. The zero-order valence-electron chi connectivity index (χ0n) is 12.7. The molecule has 0 heterocycles. The average Bonchev–Trinajstić information content (AvgIpc) is 2.44. The molecule has 0 bridgehead atoms. The Bertz CT molecular complexity index is 420. The van der Waals surface area contributed by atoms with Crippen LogP contribution >= 0.6 is 11.8 Å². The molecule has 2 atom stereocenters. The van der Waals surface area contributed by atoms with Crippen LogP contribution in [0.2, 0.25) is 0 Å². The van der Waals surface area contributed by atoms with E-state index in [2.05, 4.69) is 18.5 Å². The van der Waals surface area contributed by atoms with Crippen LogP contribution < -0.4 is 11.1 Å². The Morgan fingerprint density at radius 2 is 2.00 bits per heavy atom. The minimum atomic E-state index is -0.0700. The molecule has 1 aromatic carbocycles. The quantitative estimate of drug-likeness (QED) is 0.846. The molecule has 4 nitrogen and oxygen atoms in total. The van der Waals surface area contributed by atoms with Crippen molar-refractivity contribution in [3.05, 3.63) is 29.8 Å². The van der Waals surface area contributed by atoms with Crippen LogP contribution in [0.3, 0.4) is 0 Å². The molecular formula is C15H25N3OS. The minimum Gasteiger partial charge on any atom is -0.324 e. The van der Waals surface area contributed by atoms with Gasteiger partial charge in [0.05, 0.1) is 0 Å². The number of nitrogens with two attached hydrogens (primary N) is 1. The fraction of sp³-hybridized carbons (Fsp3) is 0.533. The molecule has 1 rings (SSSR count). The second-order valence-electron chi connectivity index (χ2n) is 4.97. The maximum atomic E-state index is 12.2. The molecule has 2 unspecified atom stereocenters. The third-order valence-corrected chi connectivity index (χ3v) is 4.10. The normalized spacial score (nSPS) is 13.7. The summed E-state index contributed by atoms with van der Waals surface area (Å²) >= 11 is 1.76. The van der Waals surface area contributed by atoms with Crippen LogP contribution in [0.4, 0.5) is 10.5 Å². The highest BCUT2D eigenvalue weighted by Gasteiger charge is 2.17. The van der Waals surface area contributed by atoms with Gasteiger partial charge in [-0.1, -0.05) is 19.1 Å². The number of carbonyl (C=O) groups is 1. The van der Waals surface area contributed by atoms with Gasteiger partial charge < -0.3 is 16.0 Å². The van der Waals surface area contributed by atoms with Gasteiger partial charge in [-0.25, -0.2) is 4.79 Å². The predicted molar refractivity (Wildman–Crippen MR) is 88.3 cm³/mol. The van der Waals surface area contributed by atoms with Crippen molar-refractivity contribution in [1.82, 2.24) is 4.90 Å². The number of benzene rings is 1. The SMILES string of the molecule is CCC(CSC)N(C)C(=O)Nc1ccc(C(C)N)cc1. The molecule has 0 saturated heterocycles. The number of amides is 2. The molecule has 2 amide bonds. The summed E-state index contributed by atoms with van der Waals surface area (Å²) in [6.07, 6.45) is 3.01. The molecule has 0 radical (unpaired) electrons. The lowest BCUT2D eigenvalue weighted by Crippen LogP contribution is -2.41. The van der Waals surface area contributed by atoms with Crippen LogP contribution in [0.5, 0.6) is 0 Å². The molecule has 0 aliphatic heterocycles. The van der Waals surface area contributed by atoms with Crippen LogP contribution in [-0.2, 0) is 0 Å². The Morgan fingerprint density at radius 3 is 2.45 bits per heavy atom. The zero-order valence-corrected chi connectivity index (χ0v) is 13.5. The topological polar surface area (TPSA) is 58.4 Å². The molecule has 0 aliphatic carbocycles. The summed E-state index contributed by atoms with van der Waals surface area (Å²) in [4.78, 5) is 14.0. The van der Waals surface area contributed by atoms with Gasteiger partial charge in [-0.2, -0.15) is 11.8 Å². The highest BCUT2D eigenvalue weighted by molar-refractivity contribution is 7.98. The lowest BCUT2D eigenvalue weighted by molar-refractivity contribution is 0.207. The van der Waals surface area contributed by atoms with Crippen molar-refractivity contribution in [2.75, 3.05) is 24.4 Å². The summed E-state index contributed by atoms with van der Waals surface area (Å²) in [6.45, 7) is 4.04. The van der Waals surface area contributed by atoms with Gasteiger partial charge in [-0.15, -0.1) is 0 Å². The smallest absolute Gasteiger partial charge is 0.321 e. The van der Waals surface area contributed by atoms with Gasteiger partial charge in [-0.05, 0) is 37.3 Å². The molecule has 0 fully saturated rings. The van der Waals surface area contributed by atoms with Crippen molar-refractivity contribution in [1.29, 1.82) is 0 Å². The number of hydrogen-bond acceptors (Lipinski definition) is 3. The van der Waals surface area contributed by atoms with E-state index in [-0.39, 0.29) is 18.1 Å². The summed E-state index contributed by atoms with van der Waals surface area (Å²) < 4.78 is 0. The van der Waals surface area contributed by atoms with Crippen molar-refractivity contribution >= 4 is 23.5 Å². The predicted octanol–water partition coefficient (Wildman–Crippen LogP) is 3.31. The van der Waals surface area contributed by atoms with E-state index in [1.54, 1.807) is 16.7 Å². The zero-order chi connectivity index (χ0) is 15.1. The van der Waals surface area contributed by atoms with E-state index in [0.29, 0.717) is 0 Å². The number of thioether (sulfide) groups is 1. The van der Waals surface area contributed by atoms with Gasteiger partial charge >= 0.3 is 6.03 Å². The third-order valence-electron chi connectivity index (χ3n) is 3.39. The number of nitrogens with zero attached hydrogens (tertiary/aromatic N) is 1. The van der Waals surface area contributed by atoms with Crippen LogP contribution in [0, 0.1) is 0 Å². The molecule has 3 N–H and O–H groups in total. The fourth-order valence-electron chi connectivity index (χ4n) is 1.94. The second-order valence-corrected chi connectivity index (χ2v) is 5.88. The van der Waals surface area contributed by atoms with Crippen LogP contribution in [-0.4, -0.2) is 36.0 Å². The lowest BCUT2D eigenvalue weighted by atomic mass is 10.1. The molecule has 112 valence electrons. The Morgan fingerprint density at radius 1 is 1.40 bits per heavy atom. The van der Waals surface area contributed by atoms with E-state index in [0.717, 1.165) is 23.4 Å². The van der Waals surface area contributed by atoms with Crippen LogP contribution in [0.1, 0.15) is 31.9 Å². The van der Waals surface area contributed by atoms with Gasteiger partial charge in [0, 0.05) is 30.6 Å². The number of nitrogens with one attached hydrogen (secondary N) is 1. The first kappa shape index (κ1) is 16.9. The van der Waals surface area contributed by atoms with Crippen molar-refractivity contribution < 1.29 is 4.79 Å². The molecule has 1 aromatic rings. The van der Waals surface area contributed by atoms with Crippen molar-refractivity contribution in [2.24, 2.45) is 5.73 Å². The lowest BCUT2D eigenvalue weighted by Gasteiger charge is -2.27. The van der Waals surface area contributed by atoms with Gasteiger partial charge in [-0.3, -0.25) is 0 Å². The molecule has 20 heavy (non-hydrogen) atoms. The van der Waals surface area contributed by atoms with Gasteiger partial charge in [0.2, 0.25) is 0 Å². The Kier molecular flexibility index (Phi) is 6.88. The standard InChI is InChI=1S/C15H25N3OS/c1-5-14(10-20-4)18(3)15(19)17-13-8-6-12(7-9-13)11(2)16/h6-9,11,14H,5,10,16H2,1-4H3,(H,17,19). The molecule has 5 heteroatoms. The van der Waals surface area contributed by atoms with E-state index >= 15 is 0 Å². The van der Waals surface area contributed by atoms with Gasteiger partial charge in [0.15, 0.2) is 0 Å². The molecule has 0 aromatic heterocycles. The number of carbonyl (C=O) groups excluding carboxylic acids is 1. The molecule has 0 spiro atoms. The van der Waals surface area contributed by atoms with Gasteiger partial charge in [0.1, 0.15) is 0 Å². The second kappa shape index (κ2) is 8.17. The van der Waals surface area contributed by atoms with Gasteiger partial charge in [0.25, 0.3) is 0 Å². The summed E-state index contributed by atoms with van der Waals surface area (Å²) in [5.41, 5.74) is 7.66. The first-order valence-corrected chi connectivity index (χ1v) is 8.27. The van der Waals surface area contributed by atoms with Crippen molar-refractivity contribution in [2.45, 2.75) is 32.4 Å². The van der Waals surface area contributed by atoms with E-state index in [1.165, 1.54) is 0 Å². The number of urea groups is 1.